The minimum atomic E-state index is -0.441. The number of aryl methyl sites for hydroxylation is 1. The third kappa shape index (κ3) is 3.97. The molecule has 0 aliphatic heterocycles. The molecule has 2 aromatic rings. The van der Waals surface area contributed by atoms with Crippen LogP contribution in [0.3, 0.4) is 0 Å². The summed E-state index contributed by atoms with van der Waals surface area (Å²) >= 11 is 0. The molecule has 21 heavy (non-hydrogen) atoms. The van der Waals surface area contributed by atoms with E-state index in [1.54, 1.807) is 0 Å². The van der Waals surface area contributed by atoms with Crippen LogP contribution in [0.2, 0.25) is 16.1 Å². The molecule has 2 aromatic carbocycles. The Bertz CT molecular complexity index is 580. The molecular weight excluding hydrogens is 268 g/mol. The van der Waals surface area contributed by atoms with Gasteiger partial charge in [0.15, 0.2) is 0 Å². The highest BCUT2D eigenvalue weighted by molar-refractivity contribution is 6.65. The summed E-state index contributed by atoms with van der Waals surface area (Å²) in [6.07, 6.45) is 1.21. The number of fused-ring (bicyclic) bond motifs is 1. The molecule has 0 aromatic heterocycles. The Morgan fingerprint density at radius 2 is 1.33 bits per heavy atom. The van der Waals surface area contributed by atoms with Crippen LogP contribution in [-0.2, 0) is 6.42 Å². The van der Waals surface area contributed by atoms with Gasteiger partial charge in [-0.1, -0.05) is 90.1 Å². The average Bonchev–Trinajstić information content (AvgIpc) is 2.36. The Kier molecular flexibility index (Phi) is 4.62. The van der Waals surface area contributed by atoms with Crippen LogP contribution in [0.1, 0.15) is 47.1 Å². The fraction of sp³-hybridized carbons (Fsp3) is 0.500. The third-order valence-corrected chi connectivity index (χ3v) is 8.71. The van der Waals surface area contributed by atoms with Crippen LogP contribution in [0.5, 0.6) is 0 Å². The standard InChI is InChI=1S/C20H29Si/c1-19(2,3)21(20(4,5)6)15-14-17-12-9-11-16-10-7-8-13-18(16)17/h7-13H,14-15H2,1-6H3. The maximum atomic E-state index is 2.43. The zero-order chi connectivity index (χ0) is 15.7. The summed E-state index contributed by atoms with van der Waals surface area (Å²) in [5.74, 6) is 0. The van der Waals surface area contributed by atoms with Gasteiger partial charge in [-0.2, -0.15) is 0 Å². The Labute approximate surface area is 132 Å². The van der Waals surface area contributed by atoms with Crippen LogP contribution in [-0.4, -0.2) is 8.80 Å². The molecule has 0 nitrogen and oxygen atoms in total. The SMILES string of the molecule is CC(C)(C)[Si](CCc1cccc2ccccc12)C(C)(C)C. The molecule has 0 N–H and O–H groups in total. The van der Waals surface area contributed by atoms with Gasteiger partial charge in [-0.05, 0) is 32.8 Å². The Balaban J connectivity index is 2.24. The number of hydrogen-bond donors (Lipinski definition) is 0. The van der Waals surface area contributed by atoms with E-state index in [9.17, 15) is 0 Å². The molecular formula is C20H29Si. The van der Waals surface area contributed by atoms with Crippen molar-refractivity contribution in [2.45, 2.75) is 64.1 Å². The summed E-state index contributed by atoms with van der Waals surface area (Å²) in [7, 11) is -0.441. The van der Waals surface area contributed by atoms with Crippen molar-refractivity contribution in [3.05, 3.63) is 48.0 Å². The molecule has 0 heterocycles. The highest BCUT2D eigenvalue weighted by atomic mass is 28.3. The summed E-state index contributed by atoms with van der Waals surface area (Å²) < 4.78 is 0. The van der Waals surface area contributed by atoms with Gasteiger partial charge in [0.1, 0.15) is 0 Å². The van der Waals surface area contributed by atoms with Crippen LogP contribution in [0, 0.1) is 0 Å². The molecule has 0 aliphatic carbocycles. The van der Waals surface area contributed by atoms with E-state index in [0.717, 1.165) is 0 Å². The Hall–Kier alpha value is -1.08. The lowest BCUT2D eigenvalue weighted by atomic mass is 10.0. The molecule has 0 saturated carbocycles. The molecule has 0 unspecified atom stereocenters. The van der Waals surface area contributed by atoms with Crippen molar-refractivity contribution in [2.24, 2.45) is 0 Å². The van der Waals surface area contributed by atoms with Gasteiger partial charge < -0.3 is 0 Å². The number of rotatable bonds is 3. The molecule has 113 valence electrons. The van der Waals surface area contributed by atoms with Gasteiger partial charge in [-0.25, -0.2) is 0 Å². The average molecular weight is 298 g/mol. The normalized spacial score (nSPS) is 13.1. The van der Waals surface area contributed by atoms with Crippen LogP contribution in [0.4, 0.5) is 0 Å². The minimum Gasteiger partial charge on any atom is -0.0627 e. The quantitative estimate of drug-likeness (QED) is 0.569. The molecule has 0 amide bonds. The maximum absolute atomic E-state index is 2.43. The van der Waals surface area contributed by atoms with E-state index in [1.165, 1.54) is 28.8 Å². The van der Waals surface area contributed by atoms with E-state index in [-0.39, 0.29) is 0 Å². The predicted molar refractivity (Wildman–Crippen MR) is 97.6 cm³/mol. The van der Waals surface area contributed by atoms with E-state index in [4.69, 9.17) is 0 Å². The lowest BCUT2D eigenvalue weighted by Gasteiger charge is -2.39. The van der Waals surface area contributed by atoms with Crippen molar-refractivity contribution in [1.29, 1.82) is 0 Å². The van der Waals surface area contributed by atoms with Crippen molar-refractivity contribution < 1.29 is 0 Å². The first-order valence-corrected chi connectivity index (χ1v) is 9.74. The summed E-state index contributed by atoms with van der Waals surface area (Å²) in [6, 6.07) is 16.9. The first kappa shape index (κ1) is 16.3. The van der Waals surface area contributed by atoms with Crippen LogP contribution in [0.25, 0.3) is 10.8 Å². The third-order valence-electron chi connectivity index (χ3n) is 4.33. The van der Waals surface area contributed by atoms with E-state index in [1.807, 2.05) is 0 Å². The maximum Gasteiger partial charge on any atom is 0.0598 e. The van der Waals surface area contributed by atoms with E-state index >= 15 is 0 Å². The van der Waals surface area contributed by atoms with Gasteiger partial charge in [0, 0.05) is 0 Å². The van der Waals surface area contributed by atoms with Gasteiger partial charge in [0.2, 0.25) is 0 Å². The van der Waals surface area contributed by atoms with Gasteiger partial charge in [-0.15, -0.1) is 0 Å². The van der Waals surface area contributed by atoms with Crippen molar-refractivity contribution in [1.82, 2.24) is 0 Å². The smallest absolute Gasteiger partial charge is 0.0598 e. The van der Waals surface area contributed by atoms with Crippen molar-refractivity contribution >= 4 is 19.6 Å². The topological polar surface area (TPSA) is 0 Å². The zero-order valence-corrected chi connectivity index (χ0v) is 15.5. The fourth-order valence-corrected chi connectivity index (χ4v) is 7.91. The highest BCUT2D eigenvalue weighted by Gasteiger charge is 2.36. The Morgan fingerprint density at radius 1 is 0.762 bits per heavy atom. The first-order valence-electron chi connectivity index (χ1n) is 8.03. The summed E-state index contributed by atoms with van der Waals surface area (Å²) in [4.78, 5) is 0. The van der Waals surface area contributed by atoms with Gasteiger partial charge in [0.05, 0.1) is 8.80 Å². The van der Waals surface area contributed by atoms with Gasteiger partial charge in [0.25, 0.3) is 0 Å². The fourth-order valence-electron chi connectivity index (χ4n) is 3.65. The monoisotopic (exact) mass is 297 g/mol. The lowest BCUT2D eigenvalue weighted by Crippen LogP contribution is -2.35. The van der Waals surface area contributed by atoms with Gasteiger partial charge >= 0.3 is 0 Å². The van der Waals surface area contributed by atoms with Crippen LogP contribution >= 0.6 is 0 Å². The molecule has 2 rings (SSSR count). The second kappa shape index (κ2) is 5.96. The number of benzene rings is 2. The molecule has 0 spiro atoms. The molecule has 0 fully saturated rings. The molecule has 0 aliphatic rings. The van der Waals surface area contributed by atoms with Crippen molar-refractivity contribution in [2.75, 3.05) is 0 Å². The van der Waals surface area contributed by atoms with Crippen molar-refractivity contribution in [3.63, 3.8) is 0 Å². The highest BCUT2D eigenvalue weighted by Crippen LogP contribution is 2.44. The van der Waals surface area contributed by atoms with Crippen LogP contribution in [0.15, 0.2) is 42.5 Å². The Morgan fingerprint density at radius 3 is 1.95 bits per heavy atom. The second-order valence-electron chi connectivity index (χ2n) is 8.12. The molecule has 0 saturated heterocycles. The molecule has 1 heteroatoms. The second-order valence-corrected chi connectivity index (χ2v) is 12.6. The predicted octanol–water partition coefficient (Wildman–Crippen LogP) is 6.48. The van der Waals surface area contributed by atoms with Crippen LogP contribution < -0.4 is 0 Å². The molecule has 0 atom stereocenters. The summed E-state index contributed by atoms with van der Waals surface area (Å²) in [5, 5.41) is 3.71. The molecule has 1 radical (unpaired) electrons. The van der Waals surface area contributed by atoms with Gasteiger partial charge in [-0.3, -0.25) is 0 Å². The zero-order valence-electron chi connectivity index (χ0n) is 14.5. The number of hydrogen-bond acceptors (Lipinski definition) is 0. The molecule has 0 bridgehead atoms. The summed E-state index contributed by atoms with van der Waals surface area (Å²) in [6.45, 7) is 14.6. The van der Waals surface area contributed by atoms with Crippen molar-refractivity contribution in [3.8, 4) is 0 Å². The summed E-state index contributed by atoms with van der Waals surface area (Å²) in [5.41, 5.74) is 1.52. The minimum absolute atomic E-state index is 0.441. The first-order chi connectivity index (χ1) is 9.69. The van der Waals surface area contributed by atoms with E-state index in [2.05, 4.69) is 84.0 Å². The largest absolute Gasteiger partial charge is 0.0627 e. The van der Waals surface area contributed by atoms with E-state index < -0.39 is 8.80 Å². The van der Waals surface area contributed by atoms with E-state index in [0.29, 0.717) is 10.1 Å². The lowest BCUT2D eigenvalue weighted by molar-refractivity contribution is 0.635.